The predicted octanol–water partition coefficient (Wildman–Crippen LogP) is 3.57. The first-order valence-corrected chi connectivity index (χ1v) is 9.99. The van der Waals surface area contributed by atoms with Gasteiger partial charge in [-0.3, -0.25) is 14.6 Å². The van der Waals surface area contributed by atoms with Gasteiger partial charge in [0.1, 0.15) is 0 Å². The van der Waals surface area contributed by atoms with Crippen LogP contribution in [0.5, 0.6) is 0 Å². The van der Waals surface area contributed by atoms with Gasteiger partial charge in [-0.2, -0.15) is 0 Å². The second-order valence-electron chi connectivity index (χ2n) is 6.56. The Bertz CT molecular complexity index is 851. The van der Waals surface area contributed by atoms with Crippen molar-refractivity contribution in [2.24, 2.45) is 4.99 Å². The minimum atomic E-state index is -0.244. The van der Waals surface area contributed by atoms with E-state index in [1.165, 1.54) is 23.8 Å². The third kappa shape index (κ3) is 4.90. The van der Waals surface area contributed by atoms with Gasteiger partial charge in [-0.25, -0.2) is 5.48 Å². The van der Waals surface area contributed by atoms with Crippen LogP contribution in [0.25, 0.3) is 0 Å². The van der Waals surface area contributed by atoms with E-state index in [1.54, 1.807) is 17.8 Å². The van der Waals surface area contributed by atoms with Gasteiger partial charge in [0.05, 0.1) is 19.7 Å². The Balaban J connectivity index is 1.88. The number of hydrogen-bond donors (Lipinski definition) is 2. The number of carbonyl (C=O) groups excluding carboxylic acids is 1. The fourth-order valence-electron chi connectivity index (χ4n) is 3.19. The largest absolute Gasteiger partial charge is 0.358 e. The lowest BCUT2D eigenvalue weighted by Gasteiger charge is -2.23. The highest BCUT2D eigenvalue weighted by molar-refractivity contribution is 8.14. The Morgan fingerprint density at radius 2 is 2.07 bits per heavy atom. The molecule has 1 unspecified atom stereocenters. The van der Waals surface area contributed by atoms with Crippen LogP contribution in [0.15, 0.2) is 47.5 Å². The lowest BCUT2D eigenvalue weighted by Crippen LogP contribution is -2.28. The minimum Gasteiger partial charge on any atom is -0.358 e. The van der Waals surface area contributed by atoms with E-state index in [9.17, 15) is 4.79 Å². The summed E-state index contributed by atoms with van der Waals surface area (Å²) < 4.78 is 0. The molecular weight excluding hydrogens is 358 g/mol. The Kier molecular flexibility index (Phi) is 6.53. The van der Waals surface area contributed by atoms with Crippen molar-refractivity contribution >= 4 is 22.8 Å². The van der Waals surface area contributed by atoms with Crippen LogP contribution in [-0.2, 0) is 11.3 Å². The maximum absolute atomic E-state index is 12.1. The maximum atomic E-state index is 12.1. The lowest BCUT2D eigenvalue weighted by atomic mass is 9.92. The summed E-state index contributed by atoms with van der Waals surface area (Å²) in [5, 5.41) is 4.60. The molecule has 0 aromatic heterocycles. The minimum absolute atomic E-state index is 0.0926. The van der Waals surface area contributed by atoms with E-state index in [1.807, 2.05) is 18.2 Å². The van der Waals surface area contributed by atoms with Crippen molar-refractivity contribution in [2.45, 2.75) is 26.3 Å². The molecule has 2 aromatic carbocycles. The molecule has 6 heteroatoms. The molecule has 1 aliphatic heterocycles. The van der Waals surface area contributed by atoms with Crippen molar-refractivity contribution < 1.29 is 9.63 Å². The first kappa shape index (κ1) is 19.5. The average molecular weight is 384 g/mol. The molecule has 1 atom stereocenters. The van der Waals surface area contributed by atoms with Crippen LogP contribution in [0.4, 0.5) is 0 Å². The van der Waals surface area contributed by atoms with E-state index >= 15 is 0 Å². The van der Waals surface area contributed by atoms with Gasteiger partial charge in [0.25, 0.3) is 5.91 Å². The molecule has 0 radical (unpaired) electrons. The fourth-order valence-corrected chi connectivity index (χ4v) is 3.97. The van der Waals surface area contributed by atoms with Crippen LogP contribution in [0.3, 0.4) is 0 Å². The molecule has 0 spiro atoms. The van der Waals surface area contributed by atoms with E-state index < -0.39 is 0 Å². The SMILES string of the molecule is CONC(=O)c1cccc(CC(NC2=NCCS2)c2cccc(C)c2C)c1. The second kappa shape index (κ2) is 9.06. The summed E-state index contributed by atoms with van der Waals surface area (Å²) in [6.45, 7) is 5.15. The number of thioether (sulfide) groups is 1. The number of aliphatic imine (C=N–C) groups is 1. The van der Waals surface area contributed by atoms with Gasteiger partial charge < -0.3 is 5.32 Å². The van der Waals surface area contributed by atoms with Crippen molar-refractivity contribution in [3.63, 3.8) is 0 Å². The van der Waals surface area contributed by atoms with Crippen molar-refractivity contribution in [1.29, 1.82) is 0 Å². The van der Waals surface area contributed by atoms with Crippen molar-refractivity contribution in [2.75, 3.05) is 19.4 Å². The highest BCUT2D eigenvalue weighted by Gasteiger charge is 2.19. The zero-order valence-electron chi connectivity index (χ0n) is 15.9. The lowest BCUT2D eigenvalue weighted by molar-refractivity contribution is 0.0537. The Labute approximate surface area is 164 Å². The van der Waals surface area contributed by atoms with Crippen molar-refractivity contribution in [3.8, 4) is 0 Å². The molecule has 142 valence electrons. The van der Waals surface area contributed by atoms with Gasteiger partial charge in [0.15, 0.2) is 5.17 Å². The number of nitrogens with zero attached hydrogens (tertiary/aromatic N) is 1. The topological polar surface area (TPSA) is 62.7 Å². The van der Waals surface area contributed by atoms with Crippen molar-refractivity contribution in [3.05, 3.63) is 70.3 Å². The van der Waals surface area contributed by atoms with Gasteiger partial charge >= 0.3 is 0 Å². The Hall–Kier alpha value is -2.31. The van der Waals surface area contributed by atoms with Crippen LogP contribution in [0, 0.1) is 13.8 Å². The molecule has 2 N–H and O–H groups in total. The van der Waals surface area contributed by atoms with Crippen molar-refractivity contribution in [1.82, 2.24) is 10.8 Å². The smallest absolute Gasteiger partial charge is 0.274 e. The molecule has 2 aromatic rings. The number of amides is 1. The third-order valence-electron chi connectivity index (χ3n) is 4.73. The number of carbonyl (C=O) groups is 1. The second-order valence-corrected chi connectivity index (χ2v) is 7.64. The molecule has 3 rings (SSSR count). The van der Waals surface area contributed by atoms with Gasteiger partial charge in [-0.15, -0.1) is 0 Å². The van der Waals surface area contributed by atoms with Crippen LogP contribution in [0.2, 0.25) is 0 Å². The van der Waals surface area contributed by atoms with E-state index in [0.29, 0.717) is 5.56 Å². The van der Waals surface area contributed by atoms with Crippen LogP contribution in [0.1, 0.15) is 38.7 Å². The monoisotopic (exact) mass is 383 g/mol. The van der Waals surface area contributed by atoms with Gasteiger partial charge in [0, 0.05) is 11.3 Å². The maximum Gasteiger partial charge on any atom is 0.274 e. The predicted molar refractivity (Wildman–Crippen MR) is 111 cm³/mol. The van der Waals surface area contributed by atoms with E-state index in [2.05, 4.69) is 47.8 Å². The number of rotatable bonds is 6. The van der Waals surface area contributed by atoms with E-state index in [0.717, 1.165) is 29.4 Å². The standard InChI is InChI=1S/C21H25N3O2S/c1-14-6-4-9-18(15(14)2)19(23-21-22-10-11-27-21)13-16-7-5-8-17(12-16)20(25)24-26-3/h4-9,12,19H,10-11,13H2,1-3H3,(H,22,23)(H,24,25). The number of hydroxylamine groups is 1. The summed E-state index contributed by atoms with van der Waals surface area (Å²) in [6.07, 6.45) is 0.762. The van der Waals surface area contributed by atoms with Crippen LogP contribution >= 0.6 is 11.8 Å². The summed E-state index contributed by atoms with van der Waals surface area (Å²) in [7, 11) is 1.43. The number of amidine groups is 1. The summed E-state index contributed by atoms with van der Waals surface area (Å²) in [5.41, 5.74) is 7.86. The summed E-state index contributed by atoms with van der Waals surface area (Å²) in [4.78, 5) is 21.3. The molecule has 0 fully saturated rings. The highest BCUT2D eigenvalue weighted by Crippen LogP contribution is 2.26. The van der Waals surface area contributed by atoms with Gasteiger partial charge in [0.2, 0.25) is 0 Å². The normalized spacial score (nSPS) is 14.6. The molecule has 1 amide bonds. The summed E-state index contributed by atoms with van der Waals surface area (Å²) >= 11 is 1.76. The zero-order valence-corrected chi connectivity index (χ0v) is 16.7. The number of hydrogen-bond acceptors (Lipinski definition) is 5. The molecule has 27 heavy (non-hydrogen) atoms. The summed E-state index contributed by atoms with van der Waals surface area (Å²) in [5.74, 6) is 0.778. The average Bonchev–Trinajstić information content (AvgIpc) is 3.17. The zero-order chi connectivity index (χ0) is 19.2. The highest BCUT2D eigenvalue weighted by atomic mass is 32.2. The number of nitrogens with one attached hydrogen (secondary N) is 2. The Morgan fingerprint density at radius 1 is 1.26 bits per heavy atom. The summed E-state index contributed by atoms with van der Waals surface area (Å²) in [6, 6.07) is 14.1. The van der Waals surface area contributed by atoms with E-state index in [4.69, 9.17) is 4.84 Å². The molecule has 0 bridgehead atoms. The van der Waals surface area contributed by atoms with E-state index in [-0.39, 0.29) is 11.9 Å². The van der Waals surface area contributed by atoms with Crippen LogP contribution in [-0.4, -0.2) is 30.5 Å². The molecule has 0 saturated heterocycles. The molecule has 1 heterocycles. The quantitative estimate of drug-likeness (QED) is 0.749. The molecule has 0 saturated carbocycles. The van der Waals surface area contributed by atoms with Gasteiger partial charge in [-0.1, -0.05) is 42.1 Å². The van der Waals surface area contributed by atoms with Crippen LogP contribution < -0.4 is 10.8 Å². The molecule has 0 aliphatic carbocycles. The number of benzene rings is 2. The number of aryl methyl sites for hydroxylation is 1. The van der Waals surface area contributed by atoms with Gasteiger partial charge in [-0.05, 0) is 54.7 Å². The molecular formula is C21H25N3O2S. The molecule has 5 nitrogen and oxygen atoms in total. The Morgan fingerprint density at radius 3 is 2.81 bits per heavy atom. The first-order chi connectivity index (χ1) is 13.1. The molecule has 1 aliphatic rings. The fraction of sp³-hybridized carbons (Fsp3) is 0.333. The third-order valence-corrected chi connectivity index (χ3v) is 5.64. The first-order valence-electron chi connectivity index (χ1n) is 9.00.